The lowest BCUT2D eigenvalue weighted by molar-refractivity contribution is 0.102. The third-order valence-electron chi connectivity index (χ3n) is 2.42. The third kappa shape index (κ3) is 3.45. The Morgan fingerprint density at radius 3 is 2.95 bits per heavy atom. The normalized spacial score (nSPS) is 9.95. The molecule has 19 heavy (non-hydrogen) atoms. The van der Waals surface area contributed by atoms with Crippen LogP contribution in [-0.2, 0) is 0 Å². The number of nitrogens with one attached hydrogen (secondary N) is 1. The van der Waals surface area contributed by atoms with Crippen LogP contribution < -0.4 is 15.8 Å². The molecule has 3 N–H and O–H groups in total. The van der Waals surface area contributed by atoms with Crippen molar-refractivity contribution in [1.82, 2.24) is 4.98 Å². The fourth-order valence-electron chi connectivity index (χ4n) is 1.60. The van der Waals surface area contributed by atoms with Crippen LogP contribution in [0.3, 0.4) is 0 Å². The lowest BCUT2D eigenvalue weighted by Gasteiger charge is -2.07. The van der Waals surface area contributed by atoms with E-state index in [4.69, 9.17) is 10.5 Å². The number of nitrogens with zero attached hydrogens (tertiary/aromatic N) is 1. The number of nitrogen functional groups attached to an aromatic ring is 1. The molecule has 0 aliphatic rings. The molecule has 0 aliphatic heterocycles. The predicted octanol–water partition coefficient (Wildman–Crippen LogP) is 2.31. The highest BCUT2D eigenvalue weighted by atomic mass is 16.5. The zero-order chi connectivity index (χ0) is 13.7. The van der Waals surface area contributed by atoms with Crippen molar-refractivity contribution in [2.45, 2.75) is 6.92 Å². The van der Waals surface area contributed by atoms with Crippen LogP contribution in [-0.4, -0.2) is 17.5 Å². The number of nitrogens with two attached hydrogens (primary N) is 1. The molecule has 0 radical (unpaired) electrons. The van der Waals surface area contributed by atoms with Crippen LogP contribution in [0, 0.1) is 0 Å². The van der Waals surface area contributed by atoms with E-state index in [1.165, 1.54) is 12.3 Å². The summed E-state index contributed by atoms with van der Waals surface area (Å²) >= 11 is 0. The summed E-state index contributed by atoms with van der Waals surface area (Å²) in [5, 5.41) is 2.75. The lowest BCUT2D eigenvalue weighted by atomic mass is 10.2. The second-order valence-electron chi connectivity index (χ2n) is 3.89. The number of hydrogen-bond donors (Lipinski definition) is 2. The molecule has 0 fully saturated rings. The molecule has 0 atom stereocenters. The van der Waals surface area contributed by atoms with E-state index >= 15 is 0 Å². The minimum Gasteiger partial charge on any atom is -0.494 e. The zero-order valence-corrected chi connectivity index (χ0v) is 10.6. The van der Waals surface area contributed by atoms with Crippen molar-refractivity contribution in [3.63, 3.8) is 0 Å². The maximum absolute atomic E-state index is 12.0. The minimum absolute atomic E-state index is 0.279. The summed E-state index contributed by atoms with van der Waals surface area (Å²) in [5.74, 6) is 0.404. The van der Waals surface area contributed by atoms with Gasteiger partial charge in [0.2, 0.25) is 0 Å². The van der Waals surface area contributed by atoms with Crippen LogP contribution in [0.5, 0.6) is 5.75 Å². The van der Waals surface area contributed by atoms with E-state index in [0.717, 1.165) is 0 Å². The summed E-state index contributed by atoms with van der Waals surface area (Å²) in [6.07, 6.45) is 1.50. The van der Waals surface area contributed by atoms with Gasteiger partial charge in [-0.15, -0.1) is 0 Å². The standard InChI is InChI=1S/C14H15N3O2/c1-2-19-12-5-3-4-11(9-12)17-14(18)13-8-10(15)6-7-16-13/h3-9H,2H2,1H3,(H2,15,16)(H,17,18). The minimum atomic E-state index is -0.305. The monoisotopic (exact) mass is 257 g/mol. The molecule has 0 saturated heterocycles. The Balaban J connectivity index is 2.12. The van der Waals surface area contributed by atoms with E-state index in [-0.39, 0.29) is 11.6 Å². The Morgan fingerprint density at radius 2 is 2.21 bits per heavy atom. The number of anilines is 2. The summed E-state index contributed by atoms with van der Waals surface area (Å²) < 4.78 is 5.37. The van der Waals surface area contributed by atoms with E-state index in [9.17, 15) is 4.79 Å². The number of rotatable bonds is 4. The number of aromatic nitrogens is 1. The summed E-state index contributed by atoms with van der Waals surface area (Å²) in [6.45, 7) is 2.48. The molecule has 1 amide bonds. The first-order valence-corrected chi connectivity index (χ1v) is 5.95. The largest absolute Gasteiger partial charge is 0.494 e. The zero-order valence-electron chi connectivity index (χ0n) is 10.6. The molecule has 1 aromatic heterocycles. The van der Waals surface area contributed by atoms with Crippen molar-refractivity contribution in [3.8, 4) is 5.75 Å². The van der Waals surface area contributed by atoms with Crippen molar-refractivity contribution < 1.29 is 9.53 Å². The number of hydrogen-bond acceptors (Lipinski definition) is 4. The van der Waals surface area contributed by atoms with Gasteiger partial charge in [0.25, 0.3) is 5.91 Å². The highest BCUT2D eigenvalue weighted by Crippen LogP contribution is 2.18. The lowest BCUT2D eigenvalue weighted by Crippen LogP contribution is -2.13. The van der Waals surface area contributed by atoms with E-state index in [2.05, 4.69) is 10.3 Å². The van der Waals surface area contributed by atoms with Gasteiger partial charge in [0.05, 0.1) is 6.61 Å². The molecule has 5 nitrogen and oxygen atoms in total. The highest BCUT2D eigenvalue weighted by molar-refractivity contribution is 6.03. The number of carbonyl (C=O) groups is 1. The first-order valence-electron chi connectivity index (χ1n) is 5.95. The van der Waals surface area contributed by atoms with Gasteiger partial charge in [0.15, 0.2) is 0 Å². The molecule has 2 aromatic rings. The molecular formula is C14H15N3O2. The van der Waals surface area contributed by atoms with Gasteiger partial charge in [-0.05, 0) is 31.2 Å². The van der Waals surface area contributed by atoms with Gasteiger partial charge >= 0.3 is 0 Å². The molecule has 1 heterocycles. The second kappa shape index (κ2) is 5.86. The highest BCUT2D eigenvalue weighted by Gasteiger charge is 2.08. The summed E-state index contributed by atoms with van der Waals surface area (Å²) in [4.78, 5) is 15.9. The Hall–Kier alpha value is -2.56. The van der Waals surface area contributed by atoms with Crippen LogP contribution >= 0.6 is 0 Å². The molecule has 0 unspecified atom stereocenters. The first kappa shape index (κ1) is 12.9. The molecule has 0 spiro atoms. The third-order valence-corrected chi connectivity index (χ3v) is 2.42. The molecule has 98 valence electrons. The average molecular weight is 257 g/mol. The molecule has 5 heteroatoms. The molecule has 1 aromatic carbocycles. The number of benzene rings is 1. The SMILES string of the molecule is CCOc1cccc(NC(=O)c2cc(N)ccn2)c1. The predicted molar refractivity (Wildman–Crippen MR) is 74.2 cm³/mol. The smallest absolute Gasteiger partial charge is 0.274 e. The molecule has 2 rings (SSSR count). The van der Waals surface area contributed by atoms with E-state index in [1.54, 1.807) is 18.2 Å². The fourth-order valence-corrected chi connectivity index (χ4v) is 1.60. The average Bonchev–Trinajstić information content (AvgIpc) is 2.39. The Labute approximate surface area is 111 Å². The van der Waals surface area contributed by atoms with Gasteiger partial charge in [0, 0.05) is 23.6 Å². The van der Waals surface area contributed by atoms with Crippen molar-refractivity contribution in [1.29, 1.82) is 0 Å². The molecule has 0 bridgehead atoms. The Bertz CT molecular complexity index is 584. The number of ether oxygens (including phenoxy) is 1. The van der Waals surface area contributed by atoms with Crippen LogP contribution in [0.1, 0.15) is 17.4 Å². The van der Waals surface area contributed by atoms with Gasteiger partial charge in [-0.3, -0.25) is 9.78 Å². The fraction of sp³-hybridized carbons (Fsp3) is 0.143. The van der Waals surface area contributed by atoms with Crippen molar-refractivity contribution >= 4 is 17.3 Å². The summed E-state index contributed by atoms with van der Waals surface area (Å²) in [7, 11) is 0. The summed E-state index contributed by atoms with van der Waals surface area (Å²) in [6, 6.07) is 10.3. The maximum atomic E-state index is 12.0. The quantitative estimate of drug-likeness (QED) is 0.881. The van der Waals surface area contributed by atoms with E-state index < -0.39 is 0 Å². The summed E-state index contributed by atoms with van der Waals surface area (Å²) in [5.41, 5.74) is 7.05. The molecule has 0 aliphatic carbocycles. The van der Waals surface area contributed by atoms with Crippen molar-refractivity contribution in [3.05, 3.63) is 48.3 Å². The van der Waals surface area contributed by atoms with Crippen molar-refractivity contribution in [2.75, 3.05) is 17.7 Å². The van der Waals surface area contributed by atoms with Gasteiger partial charge in [-0.2, -0.15) is 0 Å². The second-order valence-corrected chi connectivity index (χ2v) is 3.89. The Kier molecular flexibility index (Phi) is 3.97. The number of pyridine rings is 1. The molecule has 0 saturated carbocycles. The number of carbonyl (C=O) groups excluding carboxylic acids is 1. The van der Waals surface area contributed by atoms with Gasteiger partial charge in [-0.1, -0.05) is 6.07 Å². The van der Waals surface area contributed by atoms with Crippen molar-refractivity contribution in [2.24, 2.45) is 0 Å². The Morgan fingerprint density at radius 1 is 1.37 bits per heavy atom. The van der Waals surface area contributed by atoms with Gasteiger partial charge in [0.1, 0.15) is 11.4 Å². The van der Waals surface area contributed by atoms with Crippen LogP contribution in [0.4, 0.5) is 11.4 Å². The van der Waals surface area contributed by atoms with E-state index in [0.29, 0.717) is 23.7 Å². The van der Waals surface area contributed by atoms with Crippen LogP contribution in [0.2, 0.25) is 0 Å². The van der Waals surface area contributed by atoms with Gasteiger partial charge < -0.3 is 15.8 Å². The van der Waals surface area contributed by atoms with Crippen LogP contribution in [0.25, 0.3) is 0 Å². The van der Waals surface area contributed by atoms with Crippen LogP contribution in [0.15, 0.2) is 42.6 Å². The first-order chi connectivity index (χ1) is 9.19. The number of amides is 1. The van der Waals surface area contributed by atoms with Gasteiger partial charge in [-0.25, -0.2) is 0 Å². The van der Waals surface area contributed by atoms with E-state index in [1.807, 2.05) is 19.1 Å². The molecular weight excluding hydrogens is 242 g/mol. The topological polar surface area (TPSA) is 77.2 Å². The maximum Gasteiger partial charge on any atom is 0.274 e.